The smallest absolute Gasteiger partial charge is 0.408 e. The number of alkyl carbamates (subject to hydrolysis) is 1. The first-order chi connectivity index (χ1) is 19.9. The summed E-state index contributed by atoms with van der Waals surface area (Å²) < 4.78 is 10.2. The zero-order chi connectivity index (χ0) is 31.3. The van der Waals surface area contributed by atoms with Gasteiger partial charge in [0.05, 0.1) is 7.11 Å². The summed E-state index contributed by atoms with van der Waals surface area (Å²) in [6, 6.07) is 13.0. The van der Waals surface area contributed by atoms with Gasteiger partial charge in [0.1, 0.15) is 24.2 Å². The Morgan fingerprint density at radius 1 is 0.905 bits per heavy atom. The van der Waals surface area contributed by atoms with Crippen LogP contribution in [0.25, 0.3) is 0 Å². The third kappa shape index (κ3) is 10.8. The fraction of sp³-hybridized carbons (Fsp3) is 0.515. The standard InChI is InChI=1S/C33H47N3O6/c1-8-9-10-14-20-36(29(30(38)34-22-27(37)41-7)28-23(2)16-15-17-24(28)3)31(39)26(21-25-18-12-11-13-19-25)35-32(40)42-33(4,5)6/h11-13,15-19,26,29H,8-10,14,20-22H2,1-7H3,(H,34,38)(H,35,40). The number of methoxy groups -OCH3 is 1. The molecule has 0 saturated heterocycles. The molecule has 42 heavy (non-hydrogen) atoms. The monoisotopic (exact) mass is 581 g/mol. The van der Waals surface area contributed by atoms with Crippen molar-refractivity contribution in [1.29, 1.82) is 0 Å². The third-order valence-electron chi connectivity index (χ3n) is 6.82. The van der Waals surface area contributed by atoms with E-state index in [1.807, 2.05) is 62.4 Å². The molecule has 2 aromatic carbocycles. The largest absolute Gasteiger partial charge is 0.468 e. The highest BCUT2D eigenvalue weighted by Crippen LogP contribution is 2.29. The zero-order valence-corrected chi connectivity index (χ0v) is 26.1. The molecule has 0 saturated carbocycles. The number of amides is 3. The minimum atomic E-state index is -1.04. The minimum absolute atomic E-state index is 0.202. The molecule has 0 radical (unpaired) electrons. The lowest BCUT2D eigenvalue weighted by atomic mass is 9.93. The van der Waals surface area contributed by atoms with Crippen LogP contribution in [-0.2, 0) is 30.3 Å². The highest BCUT2D eigenvalue weighted by Gasteiger charge is 2.37. The quantitative estimate of drug-likeness (QED) is 0.235. The van der Waals surface area contributed by atoms with E-state index in [-0.39, 0.29) is 19.5 Å². The molecule has 2 N–H and O–H groups in total. The van der Waals surface area contributed by atoms with E-state index in [0.717, 1.165) is 36.0 Å². The number of nitrogens with zero attached hydrogens (tertiary/aromatic N) is 1. The van der Waals surface area contributed by atoms with Crippen LogP contribution in [0.3, 0.4) is 0 Å². The number of carbonyl (C=O) groups is 4. The normalized spacial score (nSPS) is 12.5. The lowest BCUT2D eigenvalue weighted by Crippen LogP contribution is -2.54. The lowest BCUT2D eigenvalue weighted by Gasteiger charge is -2.36. The van der Waals surface area contributed by atoms with Gasteiger partial charge in [-0.3, -0.25) is 14.4 Å². The summed E-state index contributed by atoms with van der Waals surface area (Å²) in [6.07, 6.45) is 3.00. The first kappa shape index (κ1) is 34.3. The molecule has 2 aromatic rings. The number of benzene rings is 2. The van der Waals surface area contributed by atoms with Gasteiger partial charge in [0, 0.05) is 13.0 Å². The van der Waals surface area contributed by atoms with Crippen molar-refractivity contribution in [2.75, 3.05) is 20.2 Å². The number of esters is 1. The Morgan fingerprint density at radius 3 is 2.12 bits per heavy atom. The number of nitrogens with one attached hydrogen (secondary N) is 2. The number of hydrogen-bond donors (Lipinski definition) is 2. The summed E-state index contributed by atoms with van der Waals surface area (Å²) in [7, 11) is 1.25. The van der Waals surface area contributed by atoms with Crippen molar-refractivity contribution >= 4 is 23.9 Å². The summed E-state index contributed by atoms with van der Waals surface area (Å²) in [4.78, 5) is 54.8. The van der Waals surface area contributed by atoms with Gasteiger partial charge in [-0.1, -0.05) is 74.7 Å². The molecule has 9 heteroatoms. The van der Waals surface area contributed by atoms with Crippen molar-refractivity contribution in [1.82, 2.24) is 15.5 Å². The van der Waals surface area contributed by atoms with Gasteiger partial charge in [0.15, 0.2) is 0 Å². The summed E-state index contributed by atoms with van der Waals surface area (Å²) in [5.41, 5.74) is 2.42. The number of aryl methyl sites for hydroxylation is 2. The lowest BCUT2D eigenvalue weighted by molar-refractivity contribution is -0.144. The number of rotatable bonds is 14. The van der Waals surface area contributed by atoms with Crippen molar-refractivity contribution in [2.45, 2.75) is 91.3 Å². The topological polar surface area (TPSA) is 114 Å². The molecule has 3 amide bonds. The maximum Gasteiger partial charge on any atom is 0.408 e. The molecule has 0 aromatic heterocycles. The minimum Gasteiger partial charge on any atom is -0.468 e. The molecule has 230 valence electrons. The number of unbranched alkanes of at least 4 members (excludes halogenated alkanes) is 3. The molecule has 2 rings (SSSR count). The van der Waals surface area contributed by atoms with Crippen molar-refractivity contribution in [2.24, 2.45) is 0 Å². The number of hydrogen-bond acceptors (Lipinski definition) is 6. The Kier molecular flexibility index (Phi) is 13.5. The summed E-state index contributed by atoms with van der Waals surface area (Å²) in [5.74, 6) is -1.52. The van der Waals surface area contributed by atoms with Gasteiger partial charge in [-0.15, -0.1) is 0 Å². The fourth-order valence-electron chi connectivity index (χ4n) is 4.79. The third-order valence-corrected chi connectivity index (χ3v) is 6.82. The highest BCUT2D eigenvalue weighted by molar-refractivity contribution is 5.93. The molecule has 0 spiro atoms. The molecule has 0 aliphatic rings. The van der Waals surface area contributed by atoms with Crippen LogP contribution >= 0.6 is 0 Å². The molecule has 0 aliphatic heterocycles. The number of carbonyl (C=O) groups excluding carboxylic acids is 4. The Labute approximate surface area is 250 Å². The van der Waals surface area contributed by atoms with E-state index in [1.165, 1.54) is 7.11 Å². The second-order valence-corrected chi connectivity index (χ2v) is 11.5. The van der Waals surface area contributed by atoms with Gasteiger partial charge < -0.3 is 25.0 Å². The predicted octanol–water partition coefficient (Wildman–Crippen LogP) is 5.18. The Bertz CT molecular complexity index is 1170. The molecule has 9 nitrogen and oxygen atoms in total. The summed E-state index contributed by atoms with van der Waals surface area (Å²) in [6.45, 7) is 11.1. The van der Waals surface area contributed by atoms with Crippen molar-refractivity contribution in [3.8, 4) is 0 Å². The van der Waals surface area contributed by atoms with E-state index < -0.39 is 41.6 Å². The Morgan fingerprint density at radius 2 is 1.55 bits per heavy atom. The van der Waals surface area contributed by atoms with Crippen LogP contribution in [0.1, 0.15) is 81.7 Å². The van der Waals surface area contributed by atoms with Crippen LogP contribution in [0.2, 0.25) is 0 Å². The van der Waals surface area contributed by atoms with E-state index in [0.29, 0.717) is 12.0 Å². The average Bonchev–Trinajstić information content (AvgIpc) is 2.93. The van der Waals surface area contributed by atoms with Crippen LogP contribution in [-0.4, -0.2) is 60.6 Å². The molecular formula is C33H47N3O6. The Hall–Kier alpha value is -3.88. The van der Waals surface area contributed by atoms with E-state index in [4.69, 9.17) is 9.47 Å². The zero-order valence-electron chi connectivity index (χ0n) is 26.1. The molecule has 2 unspecified atom stereocenters. The van der Waals surface area contributed by atoms with E-state index in [9.17, 15) is 19.2 Å². The van der Waals surface area contributed by atoms with E-state index in [1.54, 1.807) is 25.7 Å². The molecular weight excluding hydrogens is 534 g/mol. The van der Waals surface area contributed by atoms with Crippen LogP contribution in [0.15, 0.2) is 48.5 Å². The molecule has 0 heterocycles. The van der Waals surface area contributed by atoms with Gasteiger partial charge in [0.2, 0.25) is 11.8 Å². The second kappa shape index (κ2) is 16.5. The first-order valence-electron chi connectivity index (χ1n) is 14.6. The van der Waals surface area contributed by atoms with Crippen molar-refractivity contribution in [3.63, 3.8) is 0 Å². The van der Waals surface area contributed by atoms with Gasteiger partial charge >= 0.3 is 12.1 Å². The Balaban J connectivity index is 2.61. The van der Waals surface area contributed by atoms with E-state index in [2.05, 4.69) is 17.6 Å². The van der Waals surface area contributed by atoms with Gasteiger partial charge in [-0.2, -0.15) is 0 Å². The number of ether oxygens (including phenoxy) is 2. The molecule has 0 aliphatic carbocycles. The van der Waals surface area contributed by atoms with Crippen LogP contribution < -0.4 is 10.6 Å². The predicted molar refractivity (Wildman–Crippen MR) is 163 cm³/mol. The fourth-order valence-corrected chi connectivity index (χ4v) is 4.79. The van der Waals surface area contributed by atoms with Crippen LogP contribution in [0, 0.1) is 13.8 Å². The highest BCUT2D eigenvalue weighted by atomic mass is 16.6. The molecule has 2 atom stereocenters. The van der Waals surface area contributed by atoms with Crippen LogP contribution in [0.5, 0.6) is 0 Å². The molecule has 0 bridgehead atoms. The van der Waals surface area contributed by atoms with Gasteiger partial charge in [-0.25, -0.2) is 4.79 Å². The van der Waals surface area contributed by atoms with Crippen molar-refractivity contribution in [3.05, 3.63) is 70.8 Å². The SMILES string of the molecule is CCCCCCN(C(=O)C(Cc1ccccc1)NC(=O)OC(C)(C)C)C(C(=O)NCC(=O)OC)c1c(C)cccc1C. The van der Waals surface area contributed by atoms with Gasteiger partial charge in [0.25, 0.3) is 0 Å². The van der Waals surface area contributed by atoms with Crippen molar-refractivity contribution < 1.29 is 28.7 Å². The summed E-state index contributed by atoms with van der Waals surface area (Å²) >= 11 is 0. The molecule has 0 fully saturated rings. The second-order valence-electron chi connectivity index (χ2n) is 11.5. The maximum atomic E-state index is 14.5. The van der Waals surface area contributed by atoms with E-state index >= 15 is 0 Å². The summed E-state index contributed by atoms with van der Waals surface area (Å²) in [5, 5.41) is 5.44. The van der Waals surface area contributed by atoms with Gasteiger partial charge in [-0.05, 0) is 63.3 Å². The first-order valence-corrected chi connectivity index (χ1v) is 14.6. The van der Waals surface area contributed by atoms with Crippen LogP contribution in [0.4, 0.5) is 4.79 Å². The average molecular weight is 582 g/mol. The maximum absolute atomic E-state index is 14.5.